The zero-order chi connectivity index (χ0) is 22.9. The maximum absolute atomic E-state index is 13.3. The van der Waals surface area contributed by atoms with E-state index in [9.17, 15) is 23.6 Å². The third-order valence-corrected chi connectivity index (χ3v) is 5.94. The van der Waals surface area contributed by atoms with Crippen LogP contribution in [-0.4, -0.2) is 36.3 Å². The first-order valence-electron chi connectivity index (χ1n) is 9.65. The fraction of sp³-hybridized carbons (Fsp3) is 0.286. The molecule has 0 radical (unpaired) electrons. The Morgan fingerprint density at radius 1 is 1.41 bits per heavy atom. The number of para-hydroxylation sites is 1. The van der Waals surface area contributed by atoms with E-state index in [0.717, 1.165) is 16.5 Å². The molecule has 0 spiro atoms. The molecule has 8 nitrogen and oxygen atoms in total. The number of carbonyl (C=O) groups is 2. The van der Waals surface area contributed by atoms with Crippen molar-refractivity contribution in [3.63, 3.8) is 0 Å². The minimum atomic E-state index is -3.76. The topological polar surface area (TPSA) is 101 Å². The van der Waals surface area contributed by atoms with Gasteiger partial charge in [-0.1, -0.05) is 12.1 Å². The average molecular weight is 461 g/mol. The van der Waals surface area contributed by atoms with Gasteiger partial charge in [-0.25, -0.2) is 4.79 Å². The SMILES string of the molecule is CCOC(=O)N1CCc2c(sc(NC(=O)/C=C/c3cccc4c3OC(F)(F)O4)c2C#N)C1. The molecule has 3 heterocycles. The van der Waals surface area contributed by atoms with Crippen LogP contribution in [0.1, 0.15) is 28.5 Å². The van der Waals surface area contributed by atoms with Crippen molar-refractivity contribution < 1.29 is 32.6 Å². The molecule has 4 rings (SSSR count). The third kappa shape index (κ3) is 4.22. The molecule has 2 amide bonds. The predicted octanol–water partition coefficient (Wildman–Crippen LogP) is 4.11. The van der Waals surface area contributed by atoms with Gasteiger partial charge in [-0.3, -0.25) is 4.79 Å². The number of nitrogens with one attached hydrogen (secondary N) is 1. The number of ether oxygens (including phenoxy) is 3. The molecular weight excluding hydrogens is 444 g/mol. The Hall–Kier alpha value is -3.65. The first-order chi connectivity index (χ1) is 15.3. The number of halogens is 2. The maximum atomic E-state index is 13.3. The molecular formula is C21H17F2N3O5S. The van der Waals surface area contributed by atoms with Crippen LogP contribution in [0.25, 0.3) is 6.08 Å². The van der Waals surface area contributed by atoms with Gasteiger partial charge in [-0.15, -0.1) is 20.1 Å². The van der Waals surface area contributed by atoms with Gasteiger partial charge in [-0.2, -0.15) is 5.26 Å². The quantitative estimate of drug-likeness (QED) is 0.688. The Kier molecular flexibility index (Phi) is 5.71. The Bertz CT molecular complexity index is 1160. The molecule has 1 N–H and O–H groups in total. The van der Waals surface area contributed by atoms with E-state index in [2.05, 4.69) is 20.9 Å². The van der Waals surface area contributed by atoms with Crippen LogP contribution >= 0.6 is 11.3 Å². The Morgan fingerprint density at radius 3 is 2.97 bits per heavy atom. The molecule has 0 bridgehead atoms. The van der Waals surface area contributed by atoms with Crippen molar-refractivity contribution >= 4 is 34.4 Å². The number of carbonyl (C=O) groups excluding carboxylic acids is 2. The van der Waals surface area contributed by atoms with E-state index in [-0.39, 0.29) is 23.7 Å². The monoisotopic (exact) mass is 461 g/mol. The van der Waals surface area contributed by atoms with Gasteiger partial charge >= 0.3 is 12.4 Å². The number of anilines is 1. The molecule has 0 aliphatic carbocycles. The van der Waals surface area contributed by atoms with Crippen molar-refractivity contribution in [3.05, 3.63) is 45.8 Å². The first kappa shape index (κ1) is 21.6. The molecule has 0 saturated carbocycles. The van der Waals surface area contributed by atoms with Gasteiger partial charge in [0.1, 0.15) is 11.1 Å². The molecule has 166 valence electrons. The van der Waals surface area contributed by atoms with Crippen LogP contribution in [0.3, 0.4) is 0 Å². The third-order valence-electron chi connectivity index (χ3n) is 4.80. The van der Waals surface area contributed by atoms with Crippen LogP contribution in [0.2, 0.25) is 0 Å². The van der Waals surface area contributed by atoms with E-state index in [1.165, 1.54) is 35.6 Å². The molecule has 2 aliphatic rings. The van der Waals surface area contributed by atoms with Crippen LogP contribution in [0.4, 0.5) is 18.6 Å². The zero-order valence-corrected chi connectivity index (χ0v) is 17.6. The van der Waals surface area contributed by atoms with Crippen molar-refractivity contribution in [1.29, 1.82) is 5.26 Å². The van der Waals surface area contributed by atoms with E-state index in [1.807, 2.05) is 0 Å². The van der Waals surface area contributed by atoms with E-state index in [0.29, 0.717) is 30.1 Å². The lowest BCUT2D eigenvalue weighted by atomic mass is 10.0. The minimum absolute atomic E-state index is 0.124. The summed E-state index contributed by atoms with van der Waals surface area (Å²) >= 11 is 1.21. The van der Waals surface area contributed by atoms with Crippen LogP contribution in [0, 0.1) is 11.3 Å². The van der Waals surface area contributed by atoms with Crippen LogP contribution in [0.5, 0.6) is 11.5 Å². The largest absolute Gasteiger partial charge is 0.586 e. The second-order valence-electron chi connectivity index (χ2n) is 6.85. The lowest BCUT2D eigenvalue weighted by Gasteiger charge is -2.25. The van der Waals surface area contributed by atoms with Gasteiger partial charge in [0.15, 0.2) is 11.5 Å². The molecule has 2 aliphatic heterocycles. The summed E-state index contributed by atoms with van der Waals surface area (Å²) in [6.07, 6.45) is -1.24. The van der Waals surface area contributed by atoms with Gasteiger partial charge < -0.3 is 24.4 Å². The highest BCUT2D eigenvalue weighted by molar-refractivity contribution is 7.16. The van der Waals surface area contributed by atoms with Gasteiger partial charge in [-0.05, 0) is 31.1 Å². The van der Waals surface area contributed by atoms with Crippen molar-refractivity contribution in [2.45, 2.75) is 26.2 Å². The minimum Gasteiger partial charge on any atom is -0.450 e. The highest BCUT2D eigenvalue weighted by Gasteiger charge is 2.44. The van der Waals surface area contributed by atoms with Gasteiger partial charge in [0, 0.05) is 23.1 Å². The Balaban J connectivity index is 1.49. The molecule has 0 atom stereocenters. The molecule has 0 fully saturated rings. The summed E-state index contributed by atoms with van der Waals surface area (Å²) < 4.78 is 40.5. The number of nitriles is 1. The van der Waals surface area contributed by atoms with E-state index >= 15 is 0 Å². The summed E-state index contributed by atoms with van der Waals surface area (Å²) in [4.78, 5) is 26.8. The molecule has 2 aromatic rings. The van der Waals surface area contributed by atoms with Gasteiger partial charge in [0.2, 0.25) is 5.91 Å². The smallest absolute Gasteiger partial charge is 0.450 e. The Labute approximate surface area is 185 Å². The van der Waals surface area contributed by atoms with Crippen molar-refractivity contribution in [3.8, 4) is 17.6 Å². The molecule has 1 aromatic heterocycles. The van der Waals surface area contributed by atoms with E-state index < -0.39 is 18.3 Å². The number of nitrogens with zero attached hydrogens (tertiary/aromatic N) is 2. The summed E-state index contributed by atoms with van der Waals surface area (Å²) in [5.74, 6) is -0.836. The number of rotatable bonds is 4. The van der Waals surface area contributed by atoms with E-state index in [4.69, 9.17) is 4.74 Å². The summed E-state index contributed by atoms with van der Waals surface area (Å²) in [5, 5.41) is 12.6. The average Bonchev–Trinajstić information content (AvgIpc) is 3.26. The molecule has 0 unspecified atom stereocenters. The van der Waals surface area contributed by atoms with Gasteiger partial charge in [0.25, 0.3) is 0 Å². The number of hydrogen-bond donors (Lipinski definition) is 1. The van der Waals surface area contributed by atoms with Crippen molar-refractivity contribution in [2.24, 2.45) is 0 Å². The van der Waals surface area contributed by atoms with E-state index in [1.54, 1.807) is 11.8 Å². The summed E-state index contributed by atoms with van der Waals surface area (Å²) in [6, 6.07) is 6.45. The number of hydrogen-bond acceptors (Lipinski definition) is 7. The summed E-state index contributed by atoms with van der Waals surface area (Å²) in [5.41, 5.74) is 1.39. The molecule has 11 heteroatoms. The molecule has 1 aromatic carbocycles. The lowest BCUT2D eigenvalue weighted by Crippen LogP contribution is -2.35. The number of alkyl halides is 2. The fourth-order valence-electron chi connectivity index (χ4n) is 3.42. The zero-order valence-electron chi connectivity index (χ0n) is 16.8. The predicted molar refractivity (Wildman–Crippen MR) is 110 cm³/mol. The molecule has 32 heavy (non-hydrogen) atoms. The number of thiophene rings is 1. The summed E-state index contributed by atoms with van der Waals surface area (Å²) in [6.45, 7) is 2.70. The van der Waals surface area contributed by atoms with Crippen LogP contribution < -0.4 is 14.8 Å². The lowest BCUT2D eigenvalue weighted by molar-refractivity contribution is -0.286. The first-order valence-corrected chi connectivity index (χ1v) is 10.5. The summed E-state index contributed by atoms with van der Waals surface area (Å²) in [7, 11) is 0. The fourth-order valence-corrected chi connectivity index (χ4v) is 4.64. The van der Waals surface area contributed by atoms with Crippen molar-refractivity contribution in [2.75, 3.05) is 18.5 Å². The maximum Gasteiger partial charge on any atom is 0.586 e. The second kappa shape index (κ2) is 8.47. The van der Waals surface area contributed by atoms with Crippen LogP contribution in [-0.2, 0) is 22.5 Å². The second-order valence-corrected chi connectivity index (χ2v) is 7.96. The number of amides is 2. The molecule has 0 saturated heterocycles. The standard InChI is InChI=1S/C21H17F2N3O5S/c1-2-29-20(28)26-9-8-13-14(10-24)19(32-16(13)11-26)25-17(27)7-6-12-4-3-5-15-18(12)31-21(22,23)30-15/h3-7H,2,8-9,11H2,1H3,(H,25,27)/b7-6+. The number of fused-ring (bicyclic) bond motifs is 2. The van der Waals surface area contributed by atoms with Crippen molar-refractivity contribution in [1.82, 2.24) is 4.90 Å². The van der Waals surface area contributed by atoms with Crippen LogP contribution in [0.15, 0.2) is 24.3 Å². The van der Waals surface area contributed by atoms with Gasteiger partial charge in [0.05, 0.1) is 18.7 Å². The Morgan fingerprint density at radius 2 is 2.22 bits per heavy atom. The highest BCUT2D eigenvalue weighted by Crippen LogP contribution is 2.43. The highest BCUT2D eigenvalue weighted by atomic mass is 32.1. The number of benzene rings is 1. The normalized spacial score (nSPS) is 15.9.